The first-order valence-corrected chi connectivity index (χ1v) is 8.68. The molecule has 0 radical (unpaired) electrons. The Morgan fingerprint density at radius 1 is 1.08 bits per heavy atom. The van der Waals surface area contributed by atoms with Crippen molar-refractivity contribution >= 4 is 17.7 Å². The van der Waals surface area contributed by atoms with Crippen molar-refractivity contribution in [1.82, 2.24) is 10.6 Å². The van der Waals surface area contributed by atoms with Crippen molar-refractivity contribution in [3.63, 3.8) is 0 Å². The van der Waals surface area contributed by atoms with Gasteiger partial charge in [-0.25, -0.2) is 4.79 Å². The standard InChI is InChI=1S/C18H27N3O5/c1-18(2,3)26-17(23)20-12-7-5-4-6-11-19-16(22)14-9-8-10-15(13-14)21(24)25/h8-10,13H,4-7,11-12H2,1-3H3,(H,19,22)(H,20,23). The molecule has 2 N–H and O–H groups in total. The van der Waals surface area contributed by atoms with Crippen LogP contribution in [0.2, 0.25) is 0 Å². The number of alkyl carbamates (subject to hydrolysis) is 1. The number of rotatable bonds is 9. The first-order valence-electron chi connectivity index (χ1n) is 8.68. The van der Waals surface area contributed by atoms with Crippen molar-refractivity contribution in [3.8, 4) is 0 Å². The lowest BCUT2D eigenvalue weighted by atomic mass is 10.1. The number of non-ortho nitro benzene ring substituents is 1. The number of hydrogen-bond donors (Lipinski definition) is 2. The third kappa shape index (κ3) is 9.00. The van der Waals surface area contributed by atoms with E-state index >= 15 is 0 Å². The number of carbonyl (C=O) groups is 2. The molecule has 1 rings (SSSR count). The Balaban J connectivity index is 2.12. The van der Waals surface area contributed by atoms with Gasteiger partial charge in [0.1, 0.15) is 5.60 Å². The predicted molar refractivity (Wildman–Crippen MR) is 98.1 cm³/mol. The van der Waals surface area contributed by atoms with Crippen LogP contribution in [0.5, 0.6) is 0 Å². The quantitative estimate of drug-likeness (QED) is 0.396. The Kier molecular flexibility index (Phi) is 8.54. The molecule has 0 aliphatic heterocycles. The van der Waals surface area contributed by atoms with Crippen LogP contribution in [0, 0.1) is 10.1 Å². The number of unbranched alkanes of at least 4 members (excludes halogenated alkanes) is 3. The molecular weight excluding hydrogens is 338 g/mol. The summed E-state index contributed by atoms with van der Waals surface area (Å²) in [5.74, 6) is -0.319. The summed E-state index contributed by atoms with van der Waals surface area (Å²) in [7, 11) is 0. The fourth-order valence-corrected chi connectivity index (χ4v) is 2.17. The maximum absolute atomic E-state index is 11.9. The number of ether oxygens (including phenoxy) is 1. The Morgan fingerprint density at radius 2 is 1.69 bits per heavy atom. The SMILES string of the molecule is CC(C)(C)OC(=O)NCCCCCCNC(=O)c1cccc([N+](=O)[O-])c1. The summed E-state index contributed by atoms with van der Waals surface area (Å²) in [6, 6.07) is 5.65. The van der Waals surface area contributed by atoms with Crippen molar-refractivity contribution in [2.75, 3.05) is 13.1 Å². The minimum absolute atomic E-state index is 0.102. The highest BCUT2D eigenvalue weighted by Gasteiger charge is 2.15. The zero-order chi connectivity index (χ0) is 19.6. The van der Waals surface area contributed by atoms with Gasteiger partial charge in [0.05, 0.1) is 4.92 Å². The van der Waals surface area contributed by atoms with E-state index in [0.29, 0.717) is 13.1 Å². The second-order valence-electron chi connectivity index (χ2n) is 6.91. The second-order valence-corrected chi connectivity index (χ2v) is 6.91. The molecular formula is C18H27N3O5. The second kappa shape index (κ2) is 10.4. The van der Waals surface area contributed by atoms with Crippen LogP contribution in [0.25, 0.3) is 0 Å². The van der Waals surface area contributed by atoms with E-state index in [-0.39, 0.29) is 17.2 Å². The summed E-state index contributed by atoms with van der Waals surface area (Å²) in [5, 5.41) is 16.2. The Morgan fingerprint density at radius 3 is 2.27 bits per heavy atom. The molecule has 144 valence electrons. The van der Waals surface area contributed by atoms with Crippen LogP contribution in [0.15, 0.2) is 24.3 Å². The molecule has 0 unspecified atom stereocenters. The molecule has 0 heterocycles. The number of hydrogen-bond acceptors (Lipinski definition) is 5. The van der Waals surface area contributed by atoms with E-state index in [1.807, 2.05) is 20.8 Å². The van der Waals surface area contributed by atoms with E-state index in [1.54, 1.807) is 6.07 Å². The van der Waals surface area contributed by atoms with E-state index in [1.165, 1.54) is 18.2 Å². The highest BCUT2D eigenvalue weighted by atomic mass is 16.6. The van der Waals surface area contributed by atoms with E-state index < -0.39 is 16.6 Å². The van der Waals surface area contributed by atoms with Gasteiger partial charge < -0.3 is 15.4 Å². The number of nitrogens with one attached hydrogen (secondary N) is 2. The van der Waals surface area contributed by atoms with E-state index in [9.17, 15) is 19.7 Å². The van der Waals surface area contributed by atoms with Gasteiger partial charge >= 0.3 is 6.09 Å². The summed E-state index contributed by atoms with van der Waals surface area (Å²) in [6.45, 7) is 6.49. The molecule has 0 fully saturated rings. The van der Waals surface area contributed by atoms with Crippen LogP contribution in [0.1, 0.15) is 56.8 Å². The van der Waals surface area contributed by atoms with Crippen LogP contribution in [0.4, 0.5) is 10.5 Å². The topological polar surface area (TPSA) is 111 Å². The predicted octanol–water partition coefficient (Wildman–Crippen LogP) is 3.41. The molecule has 8 nitrogen and oxygen atoms in total. The van der Waals surface area contributed by atoms with Gasteiger partial charge in [0, 0.05) is 30.8 Å². The van der Waals surface area contributed by atoms with Crippen LogP contribution in [-0.4, -0.2) is 35.6 Å². The molecule has 26 heavy (non-hydrogen) atoms. The number of nitro benzene ring substituents is 1. The third-order valence-electron chi connectivity index (χ3n) is 3.38. The number of amides is 2. The minimum Gasteiger partial charge on any atom is -0.444 e. The zero-order valence-corrected chi connectivity index (χ0v) is 15.5. The summed E-state index contributed by atoms with van der Waals surface area (Å²) >= 11 is 0. The fourth-order valence-electron chi connectivity index (χ4n) is 2.17. The number of nitrogens with zero attached hydrogens (tertiary/aromatic N) is 1. The summed E-state index contributed by atoms with van der Waals surface area (Å²) < 4.78 is 5.13. The molecule has 0 aromatic heterocycles. The van der Waals surface area contributed by atoms with Crippen molar-refractivity contribution in [2.45, 2.75) is 52.1 Å². The van der Waals surface area contributed by atoms with Gasteiger partial charge in [-0.15, -0.1) is 0 Å². The molecule has 0 saturated carbocycles. The summed E-state index contributed by atoms with van der Waals surface area (Å²) in [5.41, 5.74) is -0.322. The van der Waals surface area contributed by atoms with Crippen LogP contribution in [-0.2, 0) is 4.74 Å². The normalized spacial score (nSPS) is 10.9. The van der Waals surface area contributed by atoms with Crippen molar-refractivity contribution < 1.29 is 19.2 Å². The number of nitro groups is 1. The Bertz CT molecular complexity index is 625. The maximum atomic E-state index is 11.9. The van der Waals surface area contributed by atoms with Gasteiger partial charge in [0.2, 0.25) is 0 Å². The van der Waals surface area contributed by atoms with Crippen molar-refractivity contribution in [2.24, 2.45) is 0 Å². The average Bonchev–Trinajstić information content (AvgIpc) is 2.55. The highest BCUT2D eigenvalue weighted by molar-refractivity contribution is 5.94. The highest BCUT2D eigenvalue weighted by Crippen LogP contribution is 2.13. The largest absolute Gasteiger partial charge is 0.444 e. The average molecular weight is 365 g/mol. The molecule has 0 spiro atoms. The van der Waals surface area contributed by atoms with Gasteiger partial charge in [0.25, 0.3) is 11.6 Å². The fraction of sp³-hybridized carbons (Fsp3) is 0.556. The summed E-state index contributed by atoms with van der Waals surface area (Å²) in [6.07, 6.45) is 3.04. The van der Waals surface area contributed by atoms with Gasteiger partial charge in [-0.2, -0.15) is 0 Å². The van der Waals surface area contributed by atoms with E-state index in [0.717, 1.165) is 25.7 Å². The van der Waals surface area contributed by atoms with Crippen molar-refractivity contribution in [1.29, 1.82) is 0 Å². The van der Waals surface area contributed by atoms with Gasteiger partial charge in [-0.05, 0) is 39.7 Å². The molecule has 8 heteroatoms. The Labute approximate surface area is 153 Å². The van der Waals surface area contributed by atoms with Gasteiger partial charge in [0.15, 0.2) is 0 Å². The van der Waals surface area contributed by atoms with Crippen LogP contribution < -0.4 is 10.6 Å². The molecule has 0 bridgehead atoms. The van der Waals surface area contributed by atoms with Gasteiger partial charge in [-0.1, -0.05) is 18.9 Å². The minimum atomic E-state index is -0.526. The van der Waals surface area contributed by atoms with E-state index in [4.69, 9.17) is 4.74 Å². The van der Waals surface area contributed by atoms with E-state index in [2.05, 4.69) is 10.6 Å². The lowest BCUT2D eigenvalue weighted by molar-refractivity contribution is -0.384. The van der Waals surface area contributed by atoms with Crippen molar-refractivity contribution in [3.05, 3.63) is 39.9 Å². The van der Waals surface area contributed by atoms with Gasteiger partial charge in [-0.3, -0.25) is 14.9 Å². The zero-order valence-electron chi connectivity index (χ0n) is 15.5. The first-order chi connectivity index (χ1) is 12.2. The molecule has 1 aromatic rings. The molecule has 0 saturated heterocycles. The number of carbonyl (C=O) groups excluding carboxylic acids is 2. The molecule has 0 aliphatic rings. The maximum Gasteiger partial charge on any atom is 0.407 e. The summed E-state index contributed by atoms with van der Waals surface area (Å²) in [4.78, 5) is 33.6. The smallest absolute Gasteiger partial charge is 0.407 e. The molecule has 0 aliphatic carbocycles. The Hall–Kier alpha value is -2.64. The van der Waals surface area contributed by atoms with Crippen LogP contribution in [0.3, 0.4) is 0 Å². The molecule has 1 aromatic carbocycles. The molecule has 0 atom stereocenters. The monoisotopic (exact) mass is 365 g/mol. The number of benzene rings is 1. The lowest BCUT2D eigenvalue weighted by Gasteiger charge is -2.19. The first kappa shape index (κ1) is 21.4. The van der Waals surface area contributed by atoms with Crippen LogP contribution >= 0.6 is 0 Å². The third-order valence-corrected chi connectivity index (χ3v) is 3.38. The molecule has 2 amide bonds. The lowest BCUT2D eigenvalue weighted by Crippen LogP contribution is -2.33.